The zero-order chi connectivity index (χ0) is 28.6. The molecular formula is C29H43N3O7. The molecule has 0 aliphatic carbocycles. The first kappa shape index (κ1) is 30.2. The van der Waals surface area contributed by atoms with Crippen LogP contribution in [0.4, 0.5) is 4.79 Å². The van der Waals surface area contributed by atoms with Crippen molar-refractivity contribution in [2.75, 3.05) is 33.3 Å². The van der Waals surface area contributed by atoms with Crippen molar-refractivity contribution >= 4 is 23.9 Å². The van der Waals surface area contributed by atoms with Crippen molar-refractivity contribution in [1.82, 2.24) is 15.1 Å². The van der Waals surface area contributed by atoms with Crippen molar-refractivity contribution < 1.29 is 33.8 Å². The third-order valence-electron chi connectivity index (χ3n) is 7.37. The number of phenols is 1. The van der Waals surface area contributed by atoms with Crippen LogP contribution >= 0.6 is 0 Å². The second kappa shape index (κ2) is 13.7. The number of carbonyl (C=O) groups excluding carboxylic acids is 4. The summed E-state index contributed by atoms with van der Waals surface area (Å²) >= 11 is 0. The second-order valence-corrected chi connectivity index (χ2v) is 11.6. The van der Waals surface area contributed by atoms with E-state index < -0.39 is 17.6 Å². The molecule has 2 saturated heterocycles. The number of ether oxygens (including phenoxy) is 2. The molecule has 2 N–H and O–H groups in total. The Kier molecular flexibility index (Phi) is 10.6. The molecule has 2 aliphatic heterocycles. The normalized spacial score (nSPS) is 19.2. The number of carbonyl (C=O) groups is 4. The van der Waals surface area contributed by atoms with Gasteiger partial charge in [-0.25, -0.2) is 4.79 Å². The largest absolute Gasteiger partial charge is 0.508 e. The Hall–Kier alpha value is -3.30. The number of nitrogens with zero attached hydrogens (tertiary/aromatic N) is 2. The van der Waals surface area contributed by atoms with Gasteiger partial charge in [0.25, 0.3) is 0 Å². The molecule has 10 heteroatoms. The highest BCUT2D eigenvalue weighted by Gasteiger charge is 2.32. The molecule has 2 heterocycles. The number of hydrogen-bond acceptors (Lipinski definition) is 7. The summed E-state index contributed by atoms with van der Waals surface area (Å²) in [6, 6.07) is 5.79. The van der Waals surface area contributed by atoms with Crippen molar-refractivity contribution in [3.63, 3.8) is 0 Å². The molecule has 3 rings (SSSR count). The van der Waals surface area contributed by atoms with Crippen LogP contribution < -0.4 is 5.32 Å². The summed E-state index contributed by atoms with van der Waals surface area (Å²) in [5.74, 6) is -0.613. The summed E-state index contributed by atoms with van der Waals surface area (Å²) < 4.78 is 10.2. The molecule has 2 atom stereocenters. The molecule has 0 spiro atoms. The highest BCUT2D eigenvalue weighted by atomic mass is 16.6. The number of nitrogens with one attached hydrogen (secondary N) is 1. The standard InChI is InChI=1S/C29H43N3O7/c1-29(2,3)39-28(37)31-15-12-20(13-16-31)10-11-25(34)32-14-6-8-22(19-32)27(36)30-24(18-26(35)38-4)21-7-5-9-23(33)17-21/h5,7,9,17,20,22,24,33H,6,8,10-16,18-19H2,1-4H3,(H,30,36)/t22-,24+/m1/s1. The van der Waals surface area contributed by atoms with Crippen LogP contribution in [0.1, 0.15) is 77.3 Å². The molecular weight excluding hydrogens is 502 g/mol. The average molecular weight is 546 g/mol. The Morgan fingerprint density at radius 1 is 1.08 bits per heavy atom. The molecule has 0 bridgehead atoms. The molecule has 0 radical (unpaired) electrons. The van der Waals surface area contributed by atoms with Crippen molar-refractivity contribution in [2.45, 2.75) is 77.4 Å². The van der Waals surface area contributed by atoms with E-state index in [1.807, 2.05) is 20.8 Å². The topological polar surface area (TPSA) is 125 Å². The Morgan fingerprint density at radius 2 is 1.79 bits per heavy atom. The lowest BCUT2D eigenvalue weighted by molar-refractivity contribution is -0.141. The Bertz CT molecular complexity index is 1010. The molecule has 0 aromatic heterocycles. The van der Waals surface area contributed by atoms with Crippen LogP contribution in [0, 0.1) is 11.8 Å². The van der Waals surface area contributed by atoms with Gasteiger partial charge >= 0.3 is 12.1 Å². The van der Waals surface area contributed by atoms with E-state index in [-0.39, 0.29) is 36.0 Å². The van der Waals surface area contributed by atoms with Gasteiger partial charge in [0.1, 0.15) is 11.4 Å². The summed E-state index contributed by atoms with van der Waals surface area (Å²) in [7, 11) is 1.29. The lowest BCUT2D eigenvalue weighted by Crippen LogP contribution is -2.46. The fourth-order valence-electron chi connectivity index (χ4n) is 5.17. The number of aromatic hydroxyl groups is 1. The minimum Gasteiger partial charge on any atom is -0.508 e. The van der Waals surface area contributed by atoms with Gasteiger partial charge in [0, 0.05) is 32.6 Å². The van der Waals surface area contributed by atoms with Crippen molar-refractivity contribution in [2.24, 2.45) is 11.8 Å². The van der Waals surface area contributed by atoms with Gasteiger partial charge in [0.05, 0.1) is 25.5 Å². The van der Waals surface area contributed by atoms with Gasteiger partial charge in [-0.3, -0.25) is 14.4 Å². The predicted octanol–water partition coefficient (Wildman–Crippen LogP) is 3.78. The number of benzene rings is 1. The maximum absolute atomic E-state index is 13.2. The number of esters is 1. The van der Waals surface area contributed by atoms with Gasteiger partial charge < -0.3 is 29.7 Å². The quantitative estimate of drug-likeness (QED) is 0.476. The summed E-state index contributed by atoms with van der Waals surface area (Å²) in [6.45, 7) is 7.79. The van der Waals surface area contributed by atoms with Crippen molar-refractivity contribution in [3.05, 3.63) is 29.8 Å². The number of likely N-dealkylation sites (tertiary alicyclic amines) is 2. The third-order valence-corrected chi connectivity index (χ3v) is 7.37. The molecule has 0 unspecified atom stereocenters. The summed E-state index contributed by atoms with van der Waals surface area (Å²) in [4.78, 5) is 54.0. The van der Waals surface area contributed by atoms with E-state index in [1.165, 1.54) is 19.2 Å². The smallest absolute Gasteiger partial charge is 0.410 e. The van der Waals surface area contributed by atoms with E-state index in [0.717, 1.165) is 25.7 Å². The summed E-state index contributed by atoms with van der Waals surface area (Å²) in [5.41, 5.74) is 0.0891. The van der Waals surface area contributed by atoms with Crippen molar-refractivity contribution in [1.29, 1.82) is 0 Å². The molecule has 10 nitrogen and oxygen atoms in total. The van der Waals surface area contributed by atoms with Gasteiger partial charge in [-0.05, 0) is 76.5 Å². The minimum absolute atomic E-state index is 0.0427. The first-order valence-corrected chi connectivity index (χ1v) is 13.9. The SMILES string of the molecule is COC(=O)C[C@H](NC(=O)[C@@H]1CCCN(C(=O)CCC2CCN(C(=O)OC(C)(C)C)CC2)C1)c1cccc(O)c1. The summed E-state index contributed by atoms with van der Waals surface area (Å²) in [5, 5.41) is 12.8. The molecule has 0 saturated carbocycles. The fraction of sp³-hybridized carbons (Fsp3) is 0.655. The highest BCUT2D eigenvalue weighted by Crippen LogP contribution is 2.26. The van der Waals surface area contributed by atoms with Gasteiger partial charge in [-0.15, -0.1) is 0 Å². The van der Waals surface area contributed by atoms with Crippen LogP contribution in [0.5, 0.6) is 5.75 Å². The molecule has 2 fully saturated rings. The highest BCUT2D eigenvalue weighted by molar-refractivity contribution is 5.82. The molecule has 1 aromatic rings. The maximum Gasteiger partial charge on any atom is 0.410 e. The van der Waals surface area contributed by atoms with Crippen LogP contribution in [0.2, 0.25) is 0 Å². The zero-order valence-corrected chi connectivity index (χ0v) is 23.6. The number of hydrogen-bond donors (Lipinski definition) is 2. The molecule has 3 amide bonds. The van der Waals surface area contributed by atoms with Crippen LogP contribution in [-0.2, 0) is 23.9 Å². The zero-order valence-electron chi connectivity index (χ0n) is 23.6. The lowest BCUT2D eigenvalue weighted by atomic mass is 9.91. The van der Waals surface area contributed by atoms with E-state index >= 15 is 0 Å². The molecule has 2 aliphatic rings. The van der Waals surface area contributed by atoms with Gasteiger partial charge in [-0.1, -0.05) is 12.1 Å². The molecule has 39 heavy (non-hydrogen) atoms. The number of piperidine rings is 2. The van der Waals surface area contributed by atoms with Crippen LogP contribution in [0.3, 0.4) is 0 Å². The number of rotatable bonds is 8. The van der Waals surface area contributed by atoms with Crippen LogP contribution in [0.25, 0.3) is 0 Å². The summed E-state index contributed by atoms with van der Waals surface area (Å²) in [6.07, 6.45) is 3.89. The number of phenolic OH excluding ortho intramolecular Hbond substituents is 1. The molecule has 216 valence electrons. The van der Waals surface area contributed by atoms with E-state index in [0.29, 0.717) is 50.5 Å². The van der Waals surface area contributed by atoms with Crippen LogP contribution in [0.15, 0.2) is 24.3 Å². The van der Waals surface area contributed by atoms with E-state index in [1.54, 1.807) is 21.9 Å². The molecule has 1 aromatic carbocycles. The van der Waals surface area contributed by atoms with Crippen LogP contribution in [-0.4, -0.2) is 77.7 Å². The Labute approximate surface area is 231 Å². The van der Waals surface area contributed by atoms with E-state index in [9.17, 15) is 24.3 Å². The van der Waals surface area contributed by atoms with E-state index in [4.69, 9.17) is 9.47 Å². The Morgan fingerprint density at radius 3 is 2.44 bits per heavy atom. The minimum atomic E-state index is -0.644. The lowest BCUT2D eigenvalue weighted by Gasteiger charge is -2.35. The predicted molar refractivity (Wildman–Crippen MR) is 145 cm³/mol. The first-order chi connectivity index (χ1) is 18.4. The van der Waals surface area contributed by atoms with Gasteiger partial charge in [0.2, 0.25) is 11.8 Å². The van der Waals surface area contributed by atoms with Gasteiger partial charge in [0.15, 0.2) is 0 Å². The fourth-order valence-corrected chi connectivity index (χ4v) is 5.17. The average Bonchev–Trinajstić information content (AvgIpc) is 2.90. The second-order valence-electron chi connectivity index (χ2n) is 11.6. The monoisotopic (exact) mass is 545 g/mol. The Balaban J connectivity index is 1.48. The van der Waals surface area contributed by atoms with E-state index in [2.05, 4.69) is 5.32 Å². The van der Waals surface area contributed by atoms with Crippen molar-refractivity contribution in [3.8, 4) is 5.75 Å². The van der Waals surface area contributed by atoms with Gasteiger partial charge in [-0.2, -0.15) is 0 Å². The number of methoxy groups -OCH3 is 1. The number of amides is 3. The maximum atomic E-state index is 13.2. The first-order valence-electron chi connectivity index (χ1n) is 13.9. The third kappa shape index (κ3) is 9.44.